The highest BCUT2D eigenvalue weighted by Crippen LogP contribution is 2.51. The second-order valence-corrected chi connectivity index (χ2v) is 5.31. The van der Waals surface area contributed by atoms with E-state index in [9.17, 15) is 5.11 Å². The number of rotatable bonds is 1. The zero-order valence-corrected chi connectivity index (χ0v) is 9.45. The van der Waals surface area contributed by atoms with Crippen molar-refractivity contribution < 1.29 is 14.2 Å². The molecule has 0 spiro atoms. The standard InChI is InChI=1S/C13H14N2O2/c16-13-11-8-3-4-9(6-8)12(11)15(14-13)7-10-2-1-5-17-10/h1-2,5,7-9,11-12H,3-4,6H2/b15-7+. The van der Waals surface area contributed by atoms with Gasteiger partial charge in [-0.25, -0.2) is 0 Å². The summed E-state index contributed by atoms with van der Waals surface area (Å²) in [5.74, 6) is 2.22. The van der Waals surface area contributed by atoms with E-state index in [0.717, 1.165) is 5.76 Å². The third kappa shape index (κ3) is 1.24. The van der Waals surface area contributed by atoms with E-state index < -0.39 is 0 Å². The largest absolute Gasteiger partial charge is 0.857 e. The predicted octanol–water partition coefficient (Wildman–Crippen LogP) is 0.813. The van der Waals surface area contributed by atoms with Gasteiger partial charge in [-0.1, -0.05) is 4.68 Å². The van der Waals surface area contributed by atoms with E-state index in [1.807, 2.05) is 23.0 Å². The van der Waals surface area contributed by atoms with Gasteiger partial charge in [0.05, 0.1) is 12.2 Å². The van der Waals surface area contributed by atoms with Crippen molar-refractivity contribution in [1.82, 2.24) is 0 Å². The van der Waals surface area contributed by atoms with Crippen molar-refractivity contribution >= 4 is 12.1 Å². The summed E-state index contributed by atoms with van der Waals surface area (Å²) in [4.78, 5) is 0. The smallest absolute Gasteiger partial charge is 0.238 e. The summed E-state index contributed by atoms with van der Waals surface area (Å²) >= 11 is 0. The molecule has 2 fully saturated rings. The van der Waals surface area contributed by atoms with E-state index in [4.69, 9.17) is 4.42 Å². The maximum atomic E-state index is 11.9. The number of nitrogens with zero attached hydrogens (tertiary/aromatic N) is 2. The highest BCUT2D eigenvalue weighted by atomic mass is 16.3. The molecule has 2 aliphatic carbocycles. The van der Waals surface area contributed by atoms with E-state index in [1.165, 1.54) is 19.3 Å². The number of hydrazone groups is 1. The maximum absolute atomic E-state index is 11.9. The van der Waals surface area contributed by atoms with Crippen molar-refractivity contribution in [2.24, 2.45) is 22.9 Å². The second-order valence-electron chi connectivity index (χ2n) is 5.31. The van der Waals surface area contributed by atoms with Crippen molar-refractivity contribution in [2.45, 2.75) is 25.3 Å². The van der Waals surface area contributed by atoms with Crippen molar-refractivity contribution in [3.63, 3.8) is 0 Å². The molecule has 2 bridgehead atoms. The van der Waals surface area contributed by atoms with E-state index in [1.54, 1.807) is 6.26 Å². The van der Waals surface area contributed by atoms with Crippen LogP contribution in [0.3, 0.4) is 0 Å². The fourth-order valence-corrected chi connectivity index (χ4v) is 3.85. The molecule has 0 N–H and O–H groups in total. The molecule has 2 heterocycles. The Hall–Kier alpha value is -1.58. The van der Waals surface area contributed by atoms with Crippen LogP contribution in [0.4, 0.5) is 0 Å². The quantitative estimate of drug-likeness (QED) is 0.670. The normalized spacial score (nSPS) is 40.9. The van der Waals surface area contributed by atoms with E-state index >= 15 is 0 Å². The number of hydrogen-bond acceptors (Lipinski definition) is 3. The van der Waals surface area contributed by atoms with Gasteiger partial charge in [0.25, 0.3) is 0 Å². The van der Waals surface area contributed by atoms with Gasteiger partial charge >= 0.3 is 0 Å². The molecule has 4 unspecified atom stereocenters. The molecule has 1 aromatic heterocycles. The Bertz CT molecular complexity index is 503. The molecule has 0 amide bonds. The lowest BCUT2D eigenvalue weighted by Gasteiger charge is -2.22. The lowest BCUT2D eigenvalue weighted by Crippen LogP contribution is -2.37. The van der Waals surface area contributed by atoms with Crippen LogP contribution in [0.25, 0.3) is 0 Å². The Morgan fingerprint density at radius 2 is 2.29 bits per heavy atom. The van der Waals surface area contributed by atoms with Gasteiger partial charge in [0.2, 0.25) is 6.21 Å². The number of furan rings is 1. The van der Waals surface area contributed by atoms with Gasteiger partial charge in [-0.05, 0) is 42.4 Å². The Kier molecular flexibility index (Phi) is 1.79. The molecule has 17 heavy (non-hydrogen) atoms. The number of fused-ring (bicyclic) bond motifs is 5. The van der Waals surface area contributed by atoms with Crippen molar-refractivity contribution in [2.75, 3.05) is 0 Å². The molecule has 0 radical (unpaired) electrons. The summed E-state index contributed by atoms with van der Waals surface area (Å²) in [6, 6.07) is 4.04. The summed E-state index contributed by atoms with van der Waals surface area (Å²) < 4.78 is 7.15. The highest BCUT2D eigenvalue weighted by Gasteiger charge is 2.57. The van der Waals surface area contributed by atoms with Gasteiger partial charge in [0.1, 0.15) is 0 Å². The van der Waals surface area contributed by atoms with Crippen LogP contribution in [0.5, 0.6) is 0 Å². The van der Waals surface area contributed by atoms with Crippen LogP contribution in [-0.4, -0.2) is 22.8 Å². The fraction of sp³-hybridized carbons (Fsp3) is 0.538. The highest BCUT2D eigenvalue weighted by molar-refractivity contribution is 5.78. The summed E-state index contributed by atoms with van der Waals surface area (Å²) in [7, 11) is 0. The Morgan fingerprint density at radius 1 is 1.41 bits per heavy atom. The van der Waals surface area contributed by atoms with Gasteiger partial charge in [0, 0.05) is 11.8 Å². The number of hydrogen-bond donors (Lipinski definition) is 0. The van der Waals surface area contributed by atoms with Crippen LogP contribution in [-0.2, 0) is 0 Å². The molecule has 4 atom stereocenters. The molecule has 1 aromatic rings. The summed E-state index contributed by atoms with van der Waals surface area (Å²) in [6.45, 7) is 0. The minimum Gasteiger partial charge on any atom is -0.857 e. The minimum absolute atomic E-state index is 0.0741. The van der Waals surface area contributed by atoms with Crippen molar-refractivity contribution in [1.29, 1.82) is 0 Å². The topological polar surface area (TPSA) is 51.6 Å². The molecule has 3 aliphatic rings. The zero-order chi connectivity index (χ0) is 11.4. The lowest BCUT2D eigenvalue weighted by atomic mass is 9.85. The Labute approximate surface area is 99.3 Å². The first-order valence-corrected chi connectivity index (χ1v) is 6.25. The lowest BCUT2D eigenvalue weighted by molar-refractivity contribution is -0.569. The summed E-state index contributed by atoms with van der Waals surface area (Å²) in [5, 5.41) is 16.1. The minimum atomic E-state index is 0.0741. The van der Waals surface area contributed by atoms with Gasteiger partial charge in [-0.15, -0.1) is 0 Å². The van der Waals surface area contributed by atoms with Gasteiger partial charge in [0.15, 0.2) is 11.8 Å². The van der Waals surface area contributed by atoms with E-state index in [2.05, 4.69) is 5.10 Å². The molecule has 88 valence electrons. The average Bonchev–Trinajstić information content (AvgIpc) is 3.04. The van der Waals surface area contributed by atoms with Crippen LogP contribution in [0.15, 0.2) is 27.9 Å². The SMILES string of the molecule is [O-]C1=N/[N+](=C/c2ccco2)C2C3CCC(C3)C12. The zero-order valence-electron chi connectivity index (χ0n) is 9.45. The Morgan fingerprint density at radius 3 is 3.12 bits per heavy atom. The molecule has 2 saturated carbocycles. The third-order valence-corrected chi connectivity index (χ3v) is 4.48. The van der Waals surface area contributed by atoms with Crippen molar-refractivity contribution in [3.05, 3.63) is 24.2 Å². The van der Waals surface area contributed by atoms with Crippen LogP contribution in [0.1, 0.15) is 25.0 Å². The molecule has 0 aromatic carbocycles. The van der Waals surface area contributed by atoms with Crippen LogP contribution in [0, 0.1) is 17.8 Å². The van der Waals surface area contributed by atoms with Gasteiger partial charge in [-0.3, -0.25) is 0 Å². The van der Waals surface area contributed by atoms with Gasteiger partial charge in [-0.2, -0.15) is 0 Å². The second kappa shape index (κ2) is 3.22. The molecule has 4 heteroatoms. The van der Waals surface area contributed by atoms with Crippen molar-refractivity contribution in [3.8, 4) is 0 Å². The third-order valence-electron chi connectivity index (χ3n) is 4.48. The summed E-state index contributed by atoms with van der Waals surface area (Å²) in [5.41, 5.74) is 0. The first kappa shape index (κ1) is 9.45. The van der Waals surface area contributed by atoms with Crippen LogP contribution >= 0.6 is 0 Å². The predicted molar refractivity (Wildman–Crippen MR) is 59.7 cm³/mol. The molecule has 4 nitrogen and oxygen atoms in total. The fourth-order valence-electron chi connectivity index (χ4n) is 3.85. The molecule has 0 saturated heterocycles. The monoisotopic (exact) mass is 230 g/mol. The summed E-state index contributed by atoms with van der Waals surface area (Å²) in [6.07, 6.45) is 7.17. The van der Waals surface area contributed by atoms with E-state index in [0.29, 0.717) is 17.9 Å². The van der Waals surface area contributed by atoms with Crippen LogP contribution < -0.4 is 5.11 Å². The molecular formula is C13H14N2O2. The average molecular weight is 230 g/mol. The maximum Gasteiger partial charge on any atom is 0.238 e. The van der Waals surface area contributed by atoms with E-state index in [-0.39, 0.29) is 11.8 Å². The Balaban J connectivity index is 1.74. The molecule has 4 rings (SSSR count). The first-order chi connectivity index (χ1) is 8.33. The molecule has 1 aliphatic heterocycles. The van der Waals surface area contributed by atoms with Crippen LogP contribution in [0.2, 0.25) is 0 Å². The first-order valence-electron chi connectivity index (χ1n) is 6.25. The van der Waals surface area contributed by atoms with Gasteiger partial charge < -0.3 is 9.52 Å². The molecular weight excluding hydrogens is 216 g/mol.